The highest BCUT2D eigenvalue weighted by molar-refractivity contribution is 5.85. The molecule has 0 aromatic heterocycles. The van der Waals surface area contributed by atoms with Crippen molar-refractivity contribution in [3.05, 3.63) is 24.3 Å². The number of ether oxygens (including phenoxy) is 2. The van der Waals surface area contributed by atoms with Crippen LogP contribution in [0.4, 0.5) is 5.69 Å². The van der Waals surface area contributed by atoms with E-state index in [2.05, 4.69) is 16.3 Å². The molecular weight excluding hydrogens is 353 g/mol. The van der Waals surface area contributed by atoms with Crippen molar-refractivity contribution in [2.45, 2.75) is 6.04 Å². The van der Waals surface area contributed by atoms with Gasteiger partial charge in [-0.15, -0.1) is 24.8 Å². The van der Waals surface area contributed by atoms with Crippen molar-refractivity contribution in [3.63, 3.8) is 0 Å². The van der Waals surface area contributed by atoms with Gasteiger partial charge in [0.15, 0.2) is 0 Å². The lowest BCUT2D eigenvalue weighted by Gasteiger charge is -2.38. The largest absolute Gasteiger partial charge is 0.497 e. The molecule has 8 heteroatoms. The van der Waals surface area contributed by atoms with E-state index >= 15 is 0 Å². The number of benzene rings is 1. The molecule has 6 nitrogen and oxygen atoms in total. The Labute approximate surface area is 155 Å². The van der Waals surface area contributed by atoms with E-state index in [1.165, 1.54) is 0 Å². The van der Waals surface area contributed by atoms with Crippen molar-refractivity contribution < 1.29 is 14.3 Å². The number of piperazine rings is 1. The van der Waals surface area contributed by atoms with Crippen LogP contribution < -0.4 is 15.0 Å². The lowest BCUT2D eigenvalue weighted by atomic mass is 10.2. The van der Waals surface area contributed by atoms with Gasteiger partial charge >= 0.3 is 0 Å². The molecule has 0 aliphatic carbocycles. The maximum atomic E-state index is 12.4. The highest BCUT2D eigenvalue weighted by atomic mass is 35.5. The topological polar surface area (TPSA) is 54.0 Å². The molecule has 1 amide bonds. The van der Waals surface area contributed by atoms with Gasteiger partial charge in [0, 0.05) is 44.5 Å². The molecule has 2 fully saturated rings. The van der Waals surface area contributed by atoms with Gasteiger partial charge in [0.2, 0.25) is 5.91 Å². The van der Waals surface area contributed by atoms with E-state index in [1.54, 1.807) is 7.11 Å². The van der Waals surface area contributed by atoms with Gasteiger partial charge in [-0.1, -0.05) is 6.07 Å². The second-order valence-corrected chi connectivity index (χ2v) is 5.60. The highest BCUT2D eigenvalue weighted by Gasteiger charge is 2.28. The van der Waals surface area contributed by atoms with Gasteiger partial charge in [-0.05, 0) is 12.1 Å². The minimum atomic E-state index is -0.183. The quantitative estimate of drug-likeness (QED) is 0.856. The third kappa shape index (κ3) is 4.89. The first-order chi connectivity index (χ1) is 10.8. The molecule has 24 heavy (non-hydrogen) atoms. The molecule has 136 valence electrons. The van der Waals surface area contributed by atoms with E-state index in [0.717, 1.165) is 44.2 Å². The zero-order valence-electron chi connectivity index (χ0n) is 13.8. The molecule has 1 aromatic carbocycles. The smallest absolute Gasteiger partial charge is 0.242 e. The van der Waals surface area contributed by atoms with Crippen LogP contribution in [-0.2, 0) is 9.53 Å². The number of nitrogens with zero attached hydrogens (tertiary/aromatic N) is 2. The Morgan fingerprint density at radius 2 is 2.00 bits per heavy atom. The molecule has 0 radical (unpaired) electrons. The first-order valence-electron chi connectivity index (χ1n) is 7.77. The summed E-state index contributed by atoms with van der Waals surface area (Å²) in [5.41, 5.74) is 1.14. The van der Waals surface area contributed by atoms with Crippen LogP contribution in [0.15, 0.2) is 24.3 Å². The number of hydrogen-bond acceptors (Lipinski definition) is 5. The molecule has 2 aliphatic rings. The molecule has 2 saturated heterocycles. The van der Waals surface area contributed by atoms with Crippen molar-refractivity contribution in [2.24, 2.45) is 0 Å². The van der Waals surface area contributed by atoms with E-state index in [0.29, 0.717) is 13.2 Å². The number of methoxy groups -OCH3 is 1. The fourth-order valence-corrected chi connectivity index (χ4v) is 2.94. The van der Waals surface area contributed by atoms with Crippen LogP contribution in [-0.4, -0.2) is 69.9 Å². The van der Waals surface area contributed by atoms with Crippen LogP contribution >= 0.6 is 24.8 Å². The maximum absolute atomic E-state index is 12.4. The summed E-state index contributed by atoms with van der Waals surface area (Å²) in [7, 11) is 1.68. The number of anilines is 1. The lowest BCUT2D eigenvalue weighted by molar-refractivity contribution is -0.136. The molecular formula is C16H25Cl2N3O3. The van der Waals surface area contributed by atoms with E-state index in [1.807, 2.05) is 23.1 Å². The molecule has 0 saturated carbocycles. The summed E-state index contributed by atoms with van der Waals surface area (Å²) < 4.78 is 10.6. The zero-order chi connectivity index (χ0) is 15.4. The molecule has 1 atom stereocenters. The number of hydrogen-bond donors (Lipinski definition) is 1. The fourth-order valence-electron chi connectivity index (χ4n) is 2.94. The Balaban J connectivity index is 0.00000144. The van der Waals surface area contributed by atoms with Gasteiger partial charge in [-0.3, -0.25) is 4.79 Å². The molecule has 3 rings (SSSR count). The number of rotatable bonds is 3. The third-order valence-corrected chi connectivity index (χ3v) is 4.23. The Morgan fingerprint density at radius 3 is 2.62 bits per heavy atom. The molecule has 1 aromatic rings. The van der Waals surface area contributed by atoms with Crippen molar-refractivity contribution >= 4 is 36.4 Å². The average Bonchev–Trinajstić information content (AvgIpc) is 2.62. The van der Waals surface area contributed by atoms with Crippen molar-refractivity contribution in [3.8, 4) is 5.75 Å². The summed E-state index contributed by atoms with van der Waals surface area (Å²) in [6.07, 6.45) is 0. The van der Waals surface area contributed by atoms with Gasteiger partial charge in [-0.2, -0.15) is 0 Å². The molecule has 0 spiro atoms. The molecule has 1 N–H and O–H groups in total. The van der Waals surface area contributed by atoms with Crippen molar-refractivity contribution in [1.29, 1.82) is 0 Å². The lowest BCUT2D eigenvalue weighted by Crippen LogP contribution is -2.57. The van der Waals surface area contributed by atoms with E-state index in [4.69, 9.17) is 9.47 Å². The third-order valence-electron chi connectivity index (χ3n) is 4.23. The zero-order valence-corrected chi connectivity index (χ0v) is 15.4. The summed E-state index contributed by atoms with van der Waals surface area (Å²) in [5.74, 6) is 1.02. The van der Waals surface area contributed by atoms with Gasteiger partial charge in [0.25, 0.3) is 0 Å². The molecule has 2 heterocycles. The number of nitrogens with one attached hydrogen (secondary N) is 1. The van der Waals surface area contributed by atoms with Gasteiger partial charge in [-0.25, -0.2) is 0 Å². The Morgan fingerprint density at radius 1 is 1.25 bits per heavy atom. The second-order valence-electron chi connectivity index (χ2n) is 5.60. The van der Waals surface area contributed by atoms with Gasteiger partial charge < -0.3 is 24.6 Å². The van der Waals surface area contributed by atoms with Crippen LogP contribution in [0.1, 0.15) is 0 Å². The summed E-state index contributed by atoms with van der Waals surface area (Å²) in [6, 6.07) is 7.87. The molecule has 2 aliphatic heterocycles. The van der Waals surface area contributed by atoms with Gasteiger partial charge in [0.05, 0.1) is 20.3 Å². The molecule has 1 unspecified atom stereocenters. The SMILES string of the molecule is COc1cccc(N2CCN(C(=O)C3COCCN3)CC2)c1.Cl.Cl. The highest BCUT2D eigenvalue weighted by Crippen LogP contribution is 2.22. The maximum Gasteiger partial charge on any atom is 0.242 e. The Bertz CT molecular complexity index is 519. The number of carbonyl (C=O) groups is 1. The number of morpholine rings is 1. The summed E-state index contributed by atoms with van der Waals surface area (Å²) >= 11 is 0. The second kappa shape index (κ2) is 9.93. The first-order valence-corrected chi connectivity index (χ1v) is 7.77. The first kappa shape index (κ1) is 20.8. The van der Waals surface area contributed by atoms with Crippen LogP contribution in [0, 0.1) is 0 Å². The summed E-state index contributed by atoms with van der Waals surface area (Å²) in [5, 5.41) is 3.23. The Kier molecular flexibility index (Phi) is 8.62. The van der Waals surface area contributed by atoms with E-state index in [-0.39, 0.29) is 36.8 Å². The average molecular weight is 378 g/mol. The van der Waals surface area contributed by atoms with Crippen LogP contribution in [0.5, 0.6) is 5.75 Å². The fraction of sp³-hybridized carbons (Fsp3) is 0.562. The minimum absolute atomic E-state index is 0. The van der Waals surface area contributed by atoms with Crippen molar-refractivity contribution in [1.82, 2.24) is 10.2 Å². The Hall–Kier alpha value is -1.21. The van der Waals surface area contributed by atoms with Crippen LogP contribution in [0.2, 0.25) is 0 Å². The van der Waals surface area contributed by atoms with E-state index in [9.17, 15) is 4.79 Å². The predicted octanol–water partition coefficient (Wildman–Crippen LogP) is 1.18. The summed E-state index contributed by atoms with van der Waals surface area (Å²) in [4.78, 5) is 16.7. The number of amides is 1. The van der Waals surface area contributed by atoms with Crippen LogP contribution in [0.25, 0.3) is 0 Å². The monoisotopic (exact) mass is 377 g/mol. The number of halogens is 2. The predicted molar refractivity (Wildman–Crippen MR) is 98.9 cm³/mol. The van der Waals surface area contributed by atoms with Gasteiger partial charge in [0.1, 0.15) is 11.8 Å². The molecule has 0 bridgehead atoms. The van der Waals surface area contributed by atoms with Crippen molar-refractivity contribution in [2.75, 3.05) is 57.9 Å². The standard InChI is InChI=1S/C16H23N3O3.2ClH/c1-21-14-4-2-3-13(11-14)18-6-8-19(9-7-18)16(20)15-12-22-10-5-17-15;;/h2-4,11,15,17H,5-10,12H2,1H3;2*1H. The minimum Gasteiger partial charge on any atom is -0.497 e. The van der Waals surface area contributed by atoms with E-state index < -0.39 is 0 Å². The number of carbonyl (C=O) groups excluding carboxylic acids is 1. The normalized spacial score (nSPS) is 20.6. The summed E-state index contributed by atoms with van der Waals surface area (Å²) in [6.45, 7) is 5.09. The van der Waals surface area contributed by atoms with Crippen LogP contribution in [0.3, 0.4) is 0 Å².